The molecule has 2 rings (SSSR count). The largest absolute Gasteiger partial charge is 0.395 e. The quantitative estimate of drug-likeness (QED) is 0.747. The number of hydrogen-bond donors (Lipinski definition) is 2. The van der Waals surface area contributed by atoms with Gasteiger partial charge in [-0.15, -0.1) is 0 Å². The molecule has 1 aromatic heterocycles. The molecule has 1 atom stereocenters. The summed E-state index contributed by atoms with van der Waals surface area (Å²) < 4.78 is 0. The second kappa shape index (κ2) is 6.42. The van der Waals surface area contributed by atoms with E-state index in [1.165, 1.54) is 12.4 Å². The first-order valence-electron chi connectivity index (χ1n) is 6.21. The Kier molecular flexibility index (Phi) is 4.60. The van der Waals surface area contributed by atoms with Gasteiger partial charge in [-0.2, -0.15) is 10.2 Å². The summed E-state index contributed by atoms with van der Waals surface area (Å²) in [7, 11) is 0. The zero-order valence-corrected chi connectivity index (χ0v) is 10.2. The van der Waals surface area contributed by atoms with Gasteiger partial charge in [0.25, 0.3) is 5.91 Å². The predicted molar refractivity (Wildman–Crippen MR) is 66.0 cm³/mol. The molecule has 2 heterocycles. The van der Waals surface area contributed by atoms with Crippen LogP contribution in [0.5, 0.6) is 0 Å². The van der Waals surface area contributed by atoms with Gasteiger partial charge in [-0.3, -0.25) is 4.79 Å². The van der Waals surface area contributed by atoms with Gasteiger partial charge in [0, 0.05) is 19.1 Å². The van der Waals surface area contributed by atoms with Crippen molar-refractivity contribution >= 4 is 5.91 Å². The number of carbonyl (C=O) groups is 1. The van der Waals surface area contributed by atoms with Gasteiger partial charge in [0.05, 0.1) is 24.6 Å². The highest BCUT2D eigenvalue weighted by atomic mass is 16.3. The van der Waals surface area contributed by atoms with Gasteiger partial charge >= 0.3 is 0 Å². The van der Waals surface area contributed by atoms with E-state index in [-0.39, 0.29) is 12.5 Å². The first-order chi connectivity index (χ1) is 8.81. The fourth-order valence-electron chi connectivity index (χ4n) is 2.17. The van der Waals surface area contributed by atoms with Gasteiger partial charge in [-0.25, -0.2) is 0 Å². The lowest BCUT2D eigenvalue weighted by Crippen LogP contribution is -2.42. The Morgan fingerprint density at radius 3 is 3.06 bits per heavy atom. The maximum absolute atomic E-state index is 12.2. The minimum atomic E-state index is -0.104. The van der Waals surface area contributed by atoms with Crippen LogP contribution >= 0.6 is 0 Å². The standard InChI is InChI=1S/C12H18N4O2/c17-7-6-16(9-11-2-1-4-13-11)12(18)10-3-5-14-15-8-10/h3,5,8,11,13,17H,1-2,4,6-7,9H2. The van der Waals surface area contributed by atoms with Gasteiger partial charge < -0.3 is 15.3 Å². The number of aromatic nitrogens is 2. The van der Waals surface area contributed by atoms with E-state index in [0.717, 1.165) is 19.4 Å². The van der Waals surface area contributed by atoms with Crippen LogP contribution in [0.25, 0.3) is 0 Å². The summed E-state index contributed by atoms with van der Waals surface area (Å²) in [5, 5.41) is 19.8. The van der Waals surface area contributed by atoms with Crippen LogP contribution in [0.4, 0.5) is 0 Å². The van der Waals surface area contributed by atoms with E-state index in [2.05, 4.69) is 15.5 Å². The second-order valence-corrected chi connectivity index (χ2v) is 4.40. The third kappa shape index (κ3) is 3.24. The van der Waals surface area contributed by atoms with Gasteiger partial charge in [0.15, 0.2) is 0 Å². The molecule has 1 aliphatic heterocycles. The molecule has 0 saturated carbocycles. The molecule has 1 unspecified atom stereocenters. The minimum Gasteiger partial charge on any atom is -0.395 e. The van der Waals surface area contributed by atoms with Crippen LogP contribution in [0.15, 0.2) is 18.5 Å². The van der Waals surface area contributed by atoms with Crippen molar-refractivity contribution in [3.63, 3.8) is 0 Å². The summed E-state index contributed by atoms with van der Waals surface area (Å²) in [5.74, 6) is -0.104. The maximum Gasteiger partial charge on any atom is 0.255 e. The summed E-state index contributed by atoms with van der Waals surface area (Å²) in [4.78, 5) is 13.9. The van der Waals surface area contributed by atoms with Gasteiger partial charge in [0.2, 0.25) is 0 Å². The van der Waals surface area contributed by atoms with Crippen LogP contribution in [-0.4, -0.2) is 58.4 Å². The summed E-state index contributed by atoms with van der Waals surface area (Å²) in [6.07, 6.45) is 5.17. The molecular formula is C12H18N4O2. The molecule has 6 heteroatoms. The summed E-state index contributed by atoms with van der Waals surface area (Å²) >= 11 is 0. The number of amides is 1. The van der Waals surface area contributed by atoms with Crippen LogP contribution in [0.2, 0.25) is 0 Å². The lowest BCUT2D eigenvalue weighted by Gasteiger charge is -2.25. The summed E-state index contributed by atoms with van der Waals surface area (Å²) in [6, 6.07) is 1.97. The molecule has 0 radical (unpaired) electrons. The number of nitrogens with zero attached hydrogens (tertiary/aromatic N) is 3. The SMILES string of the molecule is O=C(c1ccnnc1)N(CCO)CC1CCCN1. The highest BCUT2D eigenvalue weighted by molar-refractivity contribution is 5.93. The Bertz CT molecular complexity index is 379. The highest BCUT2D eigenvalue weighted by Crippen LogP contribution is 2.09. The zero-order valence-electron chi connectivity index (χ0n) is 10.2. The van der Waals surface area contributed by atoms with Crippen molar-refractivity contribution < 1.29 is 9.90 Å². The molecule has 0 spiro atoms. The van der Waals surface area contributed by atoms with Crippen LogP contribution in [0.1, 0.15) is 23.2 Å². The topological polar surface area (TPSA) is 78.4 Å². The molecule has 0 aromatic carbocycles. The third-order valence-electron chi connectivity index (χ3n) is 3.09. The summed E-state index contributed by atoms with van der Waals surface area (Å²) in [5.41, 5.74) is 0.511. The van der Waals surface area contributed by atoms with Gasteiger partial charge in [-0.05, 0) is 25.5 Å². The Morgan fingerprint density at radius 2 is 2.44 bits per heavy atom. The molecule has 0 bridgehead atoms. The predicted octanol–water partition coefficient (Wildman–Crippen LogP) is -0.337. The summed E-state index contributed by atoms with van der Waals surface area (Å²) in [6.45, 7) is 1.95. The Balaban J connectivity index is 2.02. The van der Waals surface area contributed by atoms with Crippen molar-refractivity contribution in [2.24, 2.45) is 0 Å². The van der Waals surface area contributed by atoms with Crippen molar-refractivity contribution in [2.45, 2.75) is 18.9 Å². The first-order valence-corrected chi connectivity index (χ1v) is 6.21. The van der Waals surface area contributed by atoms with Crippen molar-refractivity contribution in [3.8, 4) is 0 Å². The van der Waals surface area contributed by atoms with Gasteiger partial charge in [-0.1, -0.05) is 0 Å². The number of nitrogens with one attached hydrogen (secondary N) is 1. The monoisotopic (exact) mass is 250 g/mol. The van der Waals surface area contributed by atoms with E-state index in [4.69, 9.17) is 5.11 Å². The van der Waals surface area contributed by atoms with Crippen molar-refractivity contribution in [2.75, 3.05) is 26.2 Å². The van der Waals surface area contributed by atoms with E-state index >= 15 is 0 Å². The smallest absolute Gasteiger partial charge is 0.255 e. The number of aliphatic hydroxyl groups is 1. The third-order valence-corrected chi connectivity index (χ3v) is 3.09. The van der Waals surface area contributed by atoms with Crippen LogP contribution in [0, 0.1) is 0 Å². The van der Waals surface area contributed by atoms with Crippen LogP contribution < -0.4 is 5.32 Å². The van der Waals surface area contributed by atoms with Crippen molar-refractivity contribution in [3.05, 3.63) is 24.0 Å². The highest BCUT2D eigenvalue weighted by Gasteiger charge is 2.22. The molecule has 98 valence electrons. The molecule has 1 aromatic rings. The molecule has 2 N–H and O–H groups in total. The van der Waals surface area contributed by atoms with Crippen molar-refractivity contribution in [1.82, 2.24) is 20.4 Å². The minimum absolute atomic E-state index is 0.0308. The van der Waals surface area contributed by atoms with E-state index in [1.54, 1.807) is 11.0 Å². The van der Waals surface area contributed by atoms with E-state index in [0.29, 0.717) is 24.7 Å². The van der Waals surface area contributed by atoms with E-state index in [9.17, 15) is 4.79 Å². The molecule has 0 aliphatic carbocycles. The Hall–Kier alpha value is -1.53. The molecule has 6 nitrogen and oxygen atoms in total. The number of aliphatic hydroxyl groups excluding tert-OH is 1. The molecule has 1 amide bonds. The number of rotatable bonds is 5. The average molecular weight is 250 g/mol. The Morgan fingerprint density at radius 1 is 1.56 bits per heavy atom. The fourth-order valence-corrected chi connectivity index (χ4v) is 2.17. The maximum atomic E-state index is 12.2. The normalized spacial score (nSPS) is 18.8. The number of hydrogen-bond acceptors (Lipinski definition) is 5. The van der Waals surface area contributed by atoms with E-state index < -0.39 is 0 Å². The molecular weight excluding hydrogens is 232 g/mol. The van der Waals surface area contributed by atoms with E-state index in [1.807, 2.05) is 0 Å². The van der Waals surface area contributed by atoms with Crippen molar-refractivity contribution in [1.29, 1.82) is 0 Å². The Labute approximate surface area is 106 Å². The van der Waals surface area contributed by atoms with Gasteiger partial charge in [0.1, 0.15) is 0 Å². The van der Waals surface area contributed by atoms with Crippen LogP contribution in [0.3, 0.4) is 0 Å². The number of carbonyl (C=O) groups excluding carboxylic acids is 1. The lowest BCUT2D eigenvalue weighted by atomic mass is 10.2. The zero-order chi connectivity index (χ0) is 12.8. The molecule has 1 saturated heterocycles. The molecule has 1 fully saturated rings. The average Bonchev–Trinajstić information content (AvgIpc) is 2.91. The van der Waals surface area contributed by atoms with Crippen LogP contribution in [-0.2, 0) is 0 Å². The second-order valence-electron chi connectivity index (χ2n) is 4.40. The lowest BCUT2D eigenvalue weighted by molar-refractivity contribution is 0.0706. The fraction of sp³-hybridized carbons (Fsp3) is 0.583. The molecule has 18 heavy (non-hydrogen) atoms. The first kappa shape index (κ1) is 12.9. The molecule has 1 aliphatic rings.